The lowest BCUT2D eigenvalue weighted by Crippen LogP contribution is -2.19. The standard InChI is InChI=1S/C28H24N4O/c1-20-17-23(10-12-27(20)33-24-5-3-2-4-6-24)32-28-25-18-22(9-11-26(25)30-19-31-28)8-7-21-13-15-29-16-14-21/h2-6,9-13,17-19,29H,14-16H2,1H3,(H,30,31,32). The number of benzene rings is 3. The fourth-order valence-corrected chi connectivity index (χ4v) is 3.72. The maximum atomic E-state index is 6.00. The SMILES string of the molecule is Cc1cc(Nc2ncnc3ccc(C#CC4=CCNCC4)cc23)ccc1Oc1ccccc1. The Morgan fingerprint density at radius 3 is 2.70 bits per heavy atom. The van der Waals surface area contributed by atoms with Gasteiger partial charge in [-0.1, -0.05) is 36.1 Å². The van der Waals surface area contributed by atoms with E-state index in [-0.39, 0.29) is 0 Å². The first-order chi connectivity index (χ1) is 16.2. The average molecular weight is 433 g/mol. The van der Waals surface area contributed by atoms with Gasteiger partial charge in [0.05, 0.1) is 5.52 Å². The molecule has 33 heavy (non-hydrogen) atoms. The van der Waals surface area contributed by atoms with Gasteiger partial charge in [-0.25, -0.2) is 9.97 Å². The van der Waals surface area contributed by atoms with Crippen molar-refractivity contribution in [3.05, 3.63) is 95.8 Å². The van der Waals surface area contributed by atoms with Crippen molar-refractivity contribution >= 4 is 22.4 Å². The predicted octanol–water partition coefficient (Wildman–Crippen LogP) is 5.75. The summed E-state index contributed by atoms with van der Waals surface area (Å²) in [4.78, 5) is 8.91. The molecule has 0 saturated carbocycles. The van der Waals surface area contributed by atoms with Gasteiger partial charge in [0.15, 0.2) is 0 Å². The Bertz CT molecular complexity index is 1380. The number of aryl methyl sites for hydroxylation is 1. The first kappa shape index (κ1) is 20.7. The second-order valence-corrected chi connectivity index (χ2v) is 7.91. The fraction of sp³-hybridized carbons (Fsp3) is 0.143. The number of hydrogen-bond donors (Lipinski definition) is 2. The summed E-state index contributed by atoms with van der Waals surface area (Å²) in [5, 5.41) is 7.68. The number of hydrogen-bond acceptors (Lipinski definition) is 5. The van der Waals surface area contributed by atoms with Gasteiger partial charge in [-0.2, -0.15) is 0 Å². The Labute approximate surface area is 193 Å². The van der Waals surface area contributed by atoms with Crippen LogP contribution in [0.2, 0.25) is 0 Å². The van der Waals surface area contributed by atoms with Crippen molar-refractivity contribution in [2.45, 2.75) is 13.3 Å². The lowest BCUT2D eigenvalue weighted by Gasteiger charge is -2.12. The van der Waals surface area contributed by atoms with Gasteiger partial charge >= 0.3 is 0 Å². The van der Waals surface area contributed by atoms with Gasteiger partial charge in [0.25, 0.3) is 0 Å². The summed E-state index contributed by atoms with van der Waals surface area (Å²) in [6, 6.07) is 21.8. The highest BCUT2D eigenvalue weighted by atomic mass is 16.5. The van der Waals surface area contributed by atoms with Gasteiger partial charge in [-0.05, 0) is 67.4 Å². The molecule has 0 amide bonds. The summed E-state index contributed by atoms with van der Waals surface area (Å²) < 4.78 is 6.00. The molecule has 2 N–H and O–H groups in total. The number of anilines is 2. The van der Waals surface area contributed by atoms with Crippen LogP contribution >= 0.6 is 0 Å². The van der Waals surface area contributed by atoms with E-state index in [1.807, 2.05) is 67.6 Å². The van der Waals surface area contributed by atoms with Gasteiger partial charge in [0, 0.05) is 35.3 Å². The van der Waals surface area contributed by atoms with E-state index in [1.165, 1.54) is 5.57 Å². The van der Waals surface area contributed by atoms with Gasteiger partial charge in [0.1, 0.15) is 23.6 Å². The average Bonchev–Trinajstić information content (AvgIpc) is 2.86. The number of nitrogens with zero attached hydrogens (tertiary/aromatic N) is 2. The largest absolute Gasteiger partial charge is 0.457 e. The summed E-state index contributed by atoms with van der Waals surface area (Å²) in [6.07, 6.45) is 4.70. The van der Waals surface area contributed by atoms with Gasteiger partial charge in [-0.3, -0.25) is 0 Å². The highest BCUT2D eigenvalue weighted by molar-refractivity contribution is 5.91. The lowest BCUT2D eigenvalue weighted by atomic mass is 10.1. The third-order valence-electron chi connectivity index (χ3n) is 5.48. The minimum atomic E-state index is 0.751. The summed E-state index contributed by atoms with van der Waals surface area (Å²) in [5.74, 6) is 8.98. The number of aromatic nitrogens is 2. The molecule has 3 aromatic carbocycles. The maximum Gasteiger partial charge on any atom is 0.141 e. The molecule has 1 aliphatic rings. The van der Waals surface area contributed by atoms with Gasteiger partial charge < -0.3 is 15.4 Å². The fourth-order valence-electron chi connectivity index (χ4n) is 3.72. The van der Waals surface area contributed by atoms with E-state index >= 15 is 0 Å². The molecule has 1 aliphatic heterocycles. The molecule has 0 atom stereocenters. The molecule has 4 aromatic rings. The van der Waals surface area contributed by atoms with Crippen molar-refractivity contribution in [2.75, 3.05) is 18.4 Å². The molecule has 0 fully saturated rings. The molecule has 162 valence electrons. The van der Waals surface area contributed by atoms with Crippen LogP contribution in [-0.4, -0.2) is 23.1 Å². The van der Waals surface area contributed by atoms with Crippen LogP contribution in [0, 0.1) is 18.8 Å². The highest BCUT2D eigenvalue weighted by Gasteiger charge is 2.08. The van der Waals surface area contributed by atoms with E-state index in [4.69, 9.17) is 4.74 Å². The molecular weight excluding hydrogens is 408 g/mol. The summed E-state index contributed by atoms with van der Waals surface area (Å²) in [6.45, 7) is 3.90. The van der Waals surface area contributed by atoms with Crippen LogP contribution in [-0.2, 0) is 0 Å². The number of para-hydroxylation sites is 1. The molecule has 5 rings (SSSR count). The van der Waals surface area contributed by atoms with E-state index in [0.29, 0.717) is 0 Å². The summed E-state index contributed by atoms with van der Waals surface area (Å²) >= 11 is 0. The second-order valence-electron chi connectivity index (χ2n) is 7.91. The highest BCUT2D eigenvalue weighted by Crippen LogP contribution is 2.30. The Morgan fingerprint density at radius 2 is 1.88 bits per heavy atom. The minimum Gasteiger partial charge on any atom is -0.457 e. The molecule has 0 radical (unpaired) electrons. The molecule has 0 bridgehead atoms. The Balaban J connectivity index is 1.40. The molecule has 5 nitrogen and oxygen atoms in total. The molecule has 0 saturated heterocycles. The van der Waals surface area contributed by atoms with Crippen molar-refractivity contribution < 1.29 is 4.74 Å². The minimum absolute atomic E-state index is 0.751. The zero-order valence-electron chi connectivity index (χ0n) is 18.4. The van der Waals surface area contributed by atoms with Crippen molar-refractivity contribution in [3.8, 4) is 23.3 Å². The first-order valence-electron chi connectivity index (χ1n) is 11.0. The quantitative estimate of drug-likeness (QED) is 0.403. The first-order valence-corrected chi connectivity index (χ1v) is 11.0. The molecule has 5 heteroatoms. The van der Waals surface area contributed by atoms with E-state index in [9.17, 15) is 0 Å². The van der Waals surface area contributed by atoms with E-state index in [1.54, 1.807) is 6.33 Å². The lowest BCUT2D eigenvalue weighted by molar-refractivity contribution is 0.479. The normalized spacial score (nSPS) is 13.1. The van der Waals surface area contributed by atoms with Crippen LogP contribution in [0.4, 0.5) is 11.5 Å². The topological polar surface area (TPSA) is 59.1 Å². The third kappa shape index (κ3) is 5.03. The Morgan fingerprint density at radius 1 is 0.970 bits per heavy atom. The number of ether oxygens (including phenoxy) is 1. The Hall–Kier alpha value is -4.14. The smallest absolute Gasteiger partial charge is 0.141 e. The van der Waals surface area contributed by atoms with E-state index < -0.39 is 0 Å². The number of nitrogens with one attached hydrogen (secondary N) is 2. The molecular formula is C28H24N4O. The van der Waals surface area contributed by atoms with Crippen LogP contribution in [0.3, 0.4) is 0 Å². The van der Waals surface area contributed by atoms with Crippen LogP contribution < -0.4 is 15.4 Å². The van der Waals surface area contributed by atoms with Crippen molar-refractivity contribution in [1.82, 2.24) is 15.3 Å². The molecule has 2 heterocycles. The summed E-state index contributed by atoms with van der Waals surface area (Å²) in [5.41, 5.74) is 4.97. The Kier molecular flexibility index (Phi) is 6.01. The van der Waals surface area contributed by atoms with Crippen molar-refractivity contribution in [3.63, 3.8) is 0 Å². The monoisotopic (exact) mass is 432 g/mol. The predicted molar refractivity (Wildman–Crippen MR) is 133 cm³/mol. The molecule has 0 unspecified atom stereocenters. The molecule has 0 spiro atoms. The zero-order chi connectivity index (χ0) is 22.5. The summed E-state index contributed by atoms with van der Waals surface area (Å²) in [7, 11) is 0. The van der Waals surface area contributed by atoms with Crippen LogP contribution in [0.1, 0.15) is 17.5 Å². The van der Waals surface area contributed by atoms with E-state index in [2.05, 4.69) is 44.6 Å². The number of rotatable bonds is 4. The van der Waals surface area contributed by atoms with Crippen LogP contribution in [0.15, 0.2) is 84.7 Å². The maximum absolute atomic E-state index is 6.00. The zero-order valence-corrected chi connectivity index (χ0v) is 18.4. The van der Waals surface area contributed by atoms with Crippen molar-refractivity contribution in [2.24, 2.45) is 0 Å². The van der Waals surface area contributed by atoms with Crippen molar-refractivity contribution in [1.29, 1.82) is 0 Å². The van der Waals surface area contributed by atoms with Gasteiger partial charge in [-0.15, -0.1) is 0 Å². The third-order valence-corrected chi connectivity index (χ3v) is 5.48. The van der Waals surface area contributed by atoms with Crippen LogP contribution in [0.25, 0.3) is 10.9 Å². The van der Waals surface area contributed by atoms with Crippen LogP contribution in [0.5, 0.6) is 11.5 Å². The van der Waals surface area contributed by atoms with Gasteiger partial charge in [0.2, 0.25) is 0 Å². The molecule has 1 aromatic heterocycles. The molecule has 0 aliphatic carbocycles. The number of fused-ring (bicyclic) bond motifs is 1. The van der Waals surface area contributed by atoms with E-state index in [0.717, 1.165) is 64.5 Å². The second kappa shape index (κ2) is 9.56.